The predicted octanol–water partition coefficient (Wildman–Crippen LogP) is 4.75. The molecule has 2 aromatic rings. The SMILES string of the molecule is CN(C(=O)OC1CCC(NC(=O)c2cccc3ccccc23)CC1)C(C)(C)C. The zero-order valence-corrected chi connectivity index (χ0v) is 17.2. The van der Waals surface area contributed by atoms with Crippen LogP contribution in [0.5, 0.6) is 0 Å². The predicted molar refractivity (Wildman–Crippen MR) is 111 cm³/mol. The summed E-state index contributed by atoms with van der Waals surface area (Å²) in [5, 5.41) is 5.19. The molecule has 0 aliphatic heterocycles. The molecule has 0 spiro atoms. The first-order valence-electron chi connectivity index (χ1n) is 9.99. The van der Waals surface area contributed by atoms with Crippen molar-refractivity contribution in [1.82, 2.24) is 10.2 Å². The molecular formula is C23H30N2O3. The van der Waals surface area contributed by atoms with E-state index in [9.17, 15) is 9.59 Å². The molecule has 1 aliphatic rings. The zero-order chi connectivity index (χ0) is 20.3. The first-order chi connectivity index (χ1) is 13.3. The zero-order valence-electron chi connectivity index (χ0n) is 17.2. The summed E-state index contributed by atoms with van der Waals surface area (Å²) < 4.78 is 5.65. The molecule has 0 heterocycles. The molecule has 2 amide bonds. The van der Waals surface area contributed by atoms with Crippen molar-refractivity contribution in [3.05, 3.63) is 48.0 Å². The molecule has 150 valence electrons. The molecule has 1 fully saturated rings. The van der Waals surface area contributed by atoms with Crippen LogP contribution in [0.3, 0.4) is 0 Å². The number of carbonyl (C=O) groups excluding carboxylic acids is 2. The maximum atomic E-state index is 12.8. The van der Waals surface area contributed by atoms with Gasteiger partial charge in [0.15, 0.2) is 0 Å². The van der Waals surface area contributed by atoms with Crippen LogP contribution in [-0.4, -0.2) is 41.6 Å². The standard InChI is InChI=1S/C23H30N2O3/c1-23(2,3)25(4)22(27)28-18-14-12-17(13-15-18)24-21(26)20-11-7-9-16-8-5-6-10-19(16)20/h5-11,17-18H,12-15H2,1-4H3,(H,24,26). The number of fused-ring (bicyclic) bond motifs is 1. The third-order valence-electron chi connectivity index (χ3n) is 5.59. The Morgan fingerprint density at radius 1 is 1.00 bits per heavy atom. The Hall–Kier alpha value is -2.56. The highest BCUT2D eigenvalue weighted by Crippen LogP contribution is 2.24. The van der Waals surface area contributed by atoms with Gasteiger partial charge in [-0.05, 0) is 63.3 Å². The fourth-order valence-electron chi connectivity index (χ4n) is 3.51. The van der Waals surface area contributed by atoms with Crippen LogP contribution in [0.15, 0.2) is 42.5 Å². The lowest BCUT2D eigenvalue weighted by atomic mass is 9.92. The summed E-state index contributed by atoms with van der Waals surface area (Å²) in [6.45, 7) is 5.94. The van der Waals surface area contributed by atoms with Crippen LogP contribution in [0.4, 0.5) is 4.79 Å². The van der Waals surface area contributed by atoms with Crippen molar-refractivity contribution in [3.8, 4) is 0 Å². The van der Waals surface area contributed by atoms with Crippen molar-refractivity contribution < 1.29 is 14.3 Å². The summed E-state index contributed by atoms with van der Waals surface area (Å²) >= 11 is 0. The minimum Gasteiger partial charge on any atom is -0.446 e. The Kier molecular flexibility index (Phi) is 5.92. The number of rotatable bonds is 3. The van der Waals surface area contributed by atoms with Gasteiger partial charge in [-0.2, -0.15) is 0 Å². The van der Waals surface area contributed by atoms with Crippen LogP contribution in [-0.2, 0) is 4.74 Å². The lowest BCUT2D eigenvalue weighted by Gasteiger charge is -2.34. The number of hydrogen-bond acceptors (Lipinski definition) is 3. The van der Waals surface area contributed by atoms with Crippen molar-refractivity contribution in [2.75, 3.05) is 7.05 Å². The van der Waals surface area contributed by atoms with Gasteiger partial charge in [0.25, 0.3) is 5.91 Å². The fraction of sp³-hybridized carbons (Fsp3) is 0.478. The Morgan fingerprint density at radius 2 is 1.64 bits per heavy atom. The summed E-state index contributed by atoms with van der Waals surface area (Å²) in [6.07, 6.45) is 2.80. The molecule has 2 aromatic carbocycles. The normalized spacial score (nSPS) is 19.9. The molecule has 0 atom stereocenters. The average Bonchev–Trinajstić information content (AvgIpc) is 2.67. The molecule has 5 nitrogen and oxygen atoms in total. The van der Waals surface area contributed by atoms with Crippen LogP contribution in [0.25, 0.3) is 10.8 Å². The third kappa shape index (κ3) is 4.64. The molecule has 0 aromatic heterocycles. The molecular weight excluding hydrogens is 352 g/mol. The highest BCUT2D eigenvalue weighted by atomic mass is 16.6. The number of hydrogen-bond donors (Lipinski definition) is 1. The average molecular weight is 383 g/mol. The van der Waals surface area contributed by atoms with Crippen LogP contribution in [0.1, 0.15) is 56.8 Å². The number of carbonyl (C=O) groups is 2. The van der Waals surface area contributed by atoms with E-state index < -0.39 is 0 Å². The summed E-state index contributed by atoms with van der Waals surface area (Å²) in [6, 6.07) is 13.8. The van der Waals surface area contributed by atoms with Crippen LogP contribution >= 0.6 is 0 Å². The lowest BCUT2D eigenvalue weighted by molar-refractivity contribution is 0.0289. The second kappa shape index (κ2) is 8.21. The fourth-order valence-corrected chi connectivity index (χ4v) is 3.51. The molecule has 1 saturated carbocycles. The van der Waals surface area contributed by atoms with Crippen LogP contribution < -0.4 is 5.32 Å². The van der Waals surface area contributed by atoms with Crippen molar-refractivity contribution in [1.29, 1.82) is 0 Å². The Bertz CT molecular complexity index is 843. The first-order valence-corrected chi connectivity index (χ1v) is 9.99. The van der Waals surface area contributed by atoms with Crippen molar-refractivity contribution >= 4 is 22.8 Å². The maximum absolute atomic E-state index is 12.8. The molecule has 28 heavy (non-hydrogen) atoms. The number of nitrogens with one attached hydrogen (secondary N) is 1. The van der Waals surface area contributed by atoms with E-state index in [4.69, 9.17) is 4.74 Å². The summed E-state index contributed by atoms with van der Waals surface area (Å²) in [4.78, 5) is 26.7. The molecule has 0 unspecified atom stereocenters. The maximum Gasteiger partial charge on any atom is 0.410 e. The smallest absolute Gasteiger partial charge is 0.410 e. The van der Waals surface area contributed by atoms with E-state index in [1.165, 1.54) is 0 Å². The summed E-state index contributed by atoms with van der Waals surface area (Å²) in [5.41, 5.74) is 0.444. The van der Waals surface area contributed by atoms with Gasteiger partial charge in [0.1, 0.15) is 6.10 Å². The lowest BCUT2D eigenvalue weighted by Crippen LogP contribution is -2.45. The van der Waals surface area contributed by atoms with E-state index in [1.54, 1.807) is 11.9 Å². The highest BCUT2D eigenvalue weighted by Gasteiger charge is 2.29. The van der Waals surface area contributed by atoms with Gasteiger partial charge in [-0.3, -0.25) is 4.79 Å². The monoisotopic (exact) mass is 382 g/mol. The number of amides is 2. The van der Waals surface area contributed by atoms with Gasteiger partial charge < -0.3 is 15.0 Å². The van der Waals surface area contributed by atoms with Crippen molar-refractivity contribution in [2.24, 2.45) is 0 Å². The highest BCUT2D eigenvalue weighted by molar-refractivity contribution is 6.07. The largest absolute Gasteiger partial charge is 0.446 e. The van der Waals surface area contributed by atoms with E-state index in [2.05, 4.69) is 5.32 Å². The van der Waals surface area contributed by atoms with E-state index >= 15 is 0 Å². The van der Waals surface area contributed by atoms with Gasteiger partial charge in [0.05, 0.1) is 0 Å². The number of ether oxygens (including phenoxy) is 1. The van der Waals surface area contributed by atoms with Gasteiger partial charge >= 0.3 is 6.09 Å². The molecule has 1 N–H and O–H groups in total. The van der Waals surface area contributed by atoms with Gasteiger partial charge in [0, 0.05) is 24.2 Å². The van der Waals surface area contributed by atoms with Crippen LogP contribution in [0.2, 0.25) is 0 Å². The third-order valence-corrected chi connectivity index (χ3v) is 5.59. The molecule has 3 rings (SSSR count). The number of nitrogens with zero attached hydrogens (tertiary/aromatic N) is 1. The second-order valence-corrected chi connectivity index (χ2v) is 8.59. The quantitative estimate of drug-likeness (QED) is 0.833. The molecule has 5 heteroatoms. The van der Waals surface area contributed by atoms with Gasteiger partial charge in [-0.25, -0.2) is 4.79 Å². The molecule has 0 bridgehead atoms. The Labute approximate surface area is 167 Å². The van der Waals surface area contributed by atoms with E-state index in [1.807, 2.05) is 63.2 Å². The first kappa shape index (κ1) is 20.2. The molecule has 1 aliphatic carbocycles. The van der Waals surface area contributed by atoms with Crippen LogP contribution in [0, 0.1) is 0 Å². The Morgan fingerprint density at radius 3 is 2.32 bits per heavy atom. The summed E-state index contributed by atoms with van der Waals surface area (Å²) in [5.74, 6) is -0.0373. The van der Waals surface area contributed by atoms with E-state index in [0.29, 0.717) is 5.56 Å². The Balaban J connectivity index is 1.54. The van der Waals surface area contributed by atoms with Crippen molar-refractivity contribution in [2.45, 2.75) is 64.1 Å². The minimum atomic E-state index is -0.282. The van der Waals surface area contributed by atoms with E-state index in [0.717, 1.165) is 36.5 Å². The molecule has 0 saturated heterocycles. The topological polar surface area (TPSA) is 58.6 Å². The minimum absolute atomic E-state index is 0.0373. The van der Waals surface area contributed by atoms with E-state index in [-0.39, 0.29) is 29.7 Å². The summed E-state index contributed by atoms with van der Waals surface area (Å²) in [7, 11) is 1.76. The van der Waals surface area contributed by atoms with Gasteiger partial charge in [-0.15, -0.1) is 0 Å². The molecule has 0 radical (unpaired) electrons. The van der Waals surface area contributed by atoms with Gasteiger partial charge in [-0.1, -0.05) is 36.4 Å². The van der Waals surface area contributed by atoms with Crippen molar-refractivity contribution in [3.63, 3.8) is 0 Å². The van der Waals surface area contributed by atoms with Gasteiger partial charge in [0.2, 0.25) is 0 Å². The number of benzene rings is 2. The second-order valence-electron chi connectivity index (χ2n) is 8.59.